The van der Waals surface area contributed by atoms with Crippen molar-refractivity contribution in [1.82, 2.24) is 0 Å². The first-order chi connectivity index (χ1) is 9.99. The second-order valence-electron chi connectivity index (χ2n) is 4.99. The second-order valence-corrected chi connectivity index (χ2v) is 7.10. The van der Waals surface area contributed by atoms with Gasteiger partial charge in [-0.15, -0.1) is 0 Å². The molecular formula is C17H18O3S. The van der Waals surface area contributed by atoms with Crippen LogP contribution in [0.5, 0.6) is 0 Å². The summed E-state index contributed by atoms with van der Waals surface area (Å²) in [6, 6.07) is 15.8. The van der Waals surface area contributed by atoms with Gasteiger partial charge in [-0.1, -0.05) is 42.5 Å². The summed E-state index contributed by atoms with van der Waals surface area (Å²) >= 11 is 0. The quantitative estimate of drug-likeness (QED) is 0.769. The van der Waals surface area contributed by atoms with Crippen LogP contribution in [0.1, 0.15) is 29.3 Å². The van der Waals surface area contributed by atoms with Crippen LogP contribution in [0.2, 0.25) is 0 Å². The van der Waals surface area contributed by atoms with Crippen LogP contribution in [0.4, 0.5) is 0 Å². The first kappa shape index (κ1) is 15.4. The van der Waals surface area contributed by atoms with Gasteiger partial charge in [0.1, 0.15) is 0 Å². The fourth-order valence-electron chi connectivity index (χ4n) is 2.12. The smallest absolute Gasteiger partial charge is 0.178 e. The van der Waals surface area contributed by atoms with Gasteiger partial charge >= 0.3 is 0 Å². The number of hydrogen-bond acceptors (Lipinski definition) is 3. The van der Waals surface area contributed by atoms with Gasteiger partial charge in [0.2, 0.25) is 0 Å². The zero-order valence-electron chi connectivity index (χ0n) is 12.0. The van der Waals surface area contributed by atoms with Crippen molar-refractivity contribution in [3.05, 3.63) is 65.7 Å². The summed E-state index contributed by atoms with van der Waals surface area (Å²) in [7, 11) is -3.21. The monoisotopic (exact) mass is 302 g/mol. The molecule has 0 aromatic heterocycles. The van der Waals surface area contributed by atoms with Crippen LogP contribution >= 0.6 is 0 Å². The van der Waals surface area contributed by atoms with E-state index in [-0.39, 0.29) is 11.5 Å². The summed E-state index contributed by atoms with van der Waals surface area (Å²) in [5.74, 6) is 0.166. The minimum Gasteiger partial charge on any atom is -0.295 e. The molecule has 21 heavy (non-hydrogen) atoms. The Labute approximate surface area is 125 Å². The number of Topliss-reactive ketones (excluding diaryl/α,β-unsaturated/α-hetero) is 1. The summed E-state index contributed by atoms with van der Waals surface area (Å²) in [4.78, 5) is 11.6. The van der Waals surface area contributed by atoms with Crippen LogP contribution in [0.25, 0.3) is 0 Å². The summed E-state index contributed by atoms with van der Waals surface area (Å²) in [6.45, 7) is 1.53. The molecule has 0 aliphatic rings. The predicted octanol–water partition coefficient (Wildman–Crippen LogP) is 3.30. The maximum atomic E-state index is 12.1. The fraction of sp³-hybridized carbons (Fsp3) is 0.235. The van der Waals surface area contributed by atoms with Crippen molar-refractivity contribution in [3.8, 4) is 0 Å². The lowest BCUT2D eigenvalue weighted by Gasteiger charge is -2.05. The van der Waals surface area contributed by atoms with Crippen LogP contribution in [-0.4, -0.2) is 20.0 Å². The number of aryl methyl sites for hydroxylation is 1. The molecule has 0 aliphatic heterocycles. The highest BCUT2D eigenvalue weighted by Gasteiger charge is 2.13. The van der Waals surface area contributed by atoms with Crippen molar-refractivity contribution >= 4 is 15.6 Å². The molecule has 0 heterocycles. The molecule has 0 fully saturated rings. The van der Waals surface area contributed by atoms with Crippen LogP contribution < -0.4 is 0 Å². The van der Waals surface area contributed by atoms with E-state index in [1.54, 1.807) is 42.5 Å². The Morgan fingerprint density at radius 2 is 1.57 bits per heavy atom. The third-order valence-corrected chi connectivity index (χ3v) is 5.16. The molecule has 2 aromatic carbocycles. The van der Waals surface area contributed by atoms with E-state index in [0.717, 1.165) is 5.56 Å². The Hall–Kier alpha value is -1.94. The van der Waals surface area contributed by atoms with Gasteiger partial charge in [0.15, 0.2) is 15.6 Å². The number of rotatable bonds is 6. The van der Waals surface area contributed by atoms with Crippen molar-refractivity contribution in [2.75, 3.05) is 5.75 Å². The number of sulfone groups is 1. The van der Waals surface area contributed by atoms with Gasteiger partial charge in [-0.25, -0.2) is 8.42 Å². The molecule has 4 heteroatoms. The molecule has 0 saturated heterocycles. The summed E-state index contributed by atoms with van der Waals surface area (Å²) in [5.41, 5.74) is 1.72. The normalized spacial score (nSPS) is 11.3. The Kier molecular flexibility index (Phi) is 4.91. The molecule has 0 amide bonds. The maximum absolute atomic E-state index is 12.1. The Balaban J connectivity index is 1.94. The van der Waals surface area contributed by atoms with Gasteiger partial charge in [-0.05, 0) is 37.5 Å². The SMILES string of the molecule is CC(=O)c1ccc(CCCS(=O)(=O)c2ccccc2)cc1. The van der Waals surface area contributed by atoms with E-state index in [1.807, 2.05) is 12.1 Å². The molecular weight excluding hydrogens is 284 g/mol. The van der Waals surface area contributed by atoms with E-state index in [2.05, 4.69) is 0 Å². The van der Waals surface area contributed by atoms with E-state index in [4.69, 9.17) is 0 Å². The third kappa shape index (κ3) is 4.26. The number of benzene rings is 2. The topological polar surface area (TPSA) is 51.2 Å². The lowest BCUT2D eigenvalue weighted by atomic mass is 10.1. The van der Waals surface area contributed by atoms with Gasteiger partial charge in [0, 0.05) is 5.56 Å². The first-order valence-corrected chi connectivity index (χ1v) is 8.52. The van der Waals surface area contributed by atoms with Crippen molar-refractivity contribution in [2.45, 2.75) is 24.7 Å². The highest BCUT2D eigenvalue weighted by molar-refractivity contribution is 7.91. The zero-order chi connectivity index (χ0) is 15.3. The molecule has 3 nitrogen and oxygen atoms in total. The van der Waals surface area contributed by atoms with E-state index in [9.17, 15) is 13.2 Å². The van der Waals surface area contributed by atoms with E-state index < -0.39 is 9.84 Å². The van der Waals surface area contributed by atoms with Gasteiger partial charge in [0.25, 0.3) is 0 Å². The average Bonchev–Trinajstić information content (AvgIpc) is 2.48. The zero-order valence-corrected chi connectivity index (χ0v) is 12.8. The molecule has 0 spiro atoms. The molecule has 110 valence electrons. The molecule has 0 aliphatic carbocycles. The van der Waals surface area contributed by atoms with Gasteiger partial charge in [0.05, 0.1) is 10.6 Å². The summed E-state index contributed by atoms with van der Waals surface area (Å²) in [5, 5.41) is 0. The van der Waals surface area contributed by atoms with Crippen molar-refractivity contribution < 1.29 is 13.2 Å². The van der Waals surface area contributed by atoms with Gasteiger partial charge in [-0.3, -0.25) is 4.79 Å². The van der Waals surface area contributed by atoms with Crippen LogP contribution in [-0.2, 0) is 16.3 Å². The lowest BCUT2D eigenvalue weighted by Crippen LogP contribution is -2.07. The largest absolute Gasteiger partial charge is 0.295 e. The van der Waals surface area contributed by atoms with Gasteiger partial charge in [-0.2, -0.15) is 0 Å². The highest BCUT2D eigenvalue weighted by Crippen LogP contribution is 2.13. The first-order valence-electron chi connectivity index (χ1n) is 6.87. The Morgan fingerprint density at radius 1 is 0.952 bits per heavy atom. The van der Waals surface area contributed by atoms with E-state index >= 15 is 0 Å². The number of hydrogen-bond donors (Lipinski definition) is 0. The van der Waals surface area contributed by atoms with Crippen LogP contribution in [0.3, 0.4) is 0 Å². The second kappa shape index (κ2) is 6.68. The minimum atomic E-state index is -3.21. The standard InChI is InChI=1S/C17H18O3S/c1-14(18)16-11-9-15(10-12-16)6-5-13-21(19,20)17-7-3-2-4-8-17/h2-4,7-12H,5-6,13H2,1H3. The fourth-order valence-corrected chi connectivity index (χ4v) is 3.45. The van der Waals surface area contributed by atoms with Crippen molar-refractivity contribution in [2.24, 2.45) is 0 Å². The van der Waals surface area contributed by atoms with E-state index in [0.29, 0.717) is 23.3 Å². The van der Waals surface area contributed by atoms with Gasteiger partial charge < -0.3 is 0 Å². The maximum Gasteiger partial charge on any atom is 0.178 e. The Morgan fingerprint density at radius 3 is 2.14 bits per heavy atom. The average molecular weight is 302 g/mol. The summed E-state index contributed by atoms with van der Waals surface area (Å²) < 4.78 is 24.2. The molecule has 0 unspecified atom stereocenters. The predicted molar refractivity (Wildman–Crippen MR) is 83.3 cm³/mol. The van der Waals surface area contributed by atoms with Crippen molar-refractivity contribution in [3.63, 3.8) is 0 Å². The molecule has 0 bridgehead atoms. The molecule has 0 atom stereocenters. The minimum absolute atomic E-state index is 0.0354. The van der Waals surface area contributed by atoms with Crippen LogP contribution in [0, 0.1) is 0 Å². The molecule has 2 aromatic rings. The van der Waals surface area contributed by atoms with Crippen LogP contribution in [0.15, 0.2) is 59.5 Å². The summed E-state index contributed by atoms with van der Waals surface area (Å²) in [6.07, 6.45) is 1.25. The third-order valence-electron chi connectivity index (χ3n) is 3.34. The molecule has 0 radical (unpaired) electrons. The number of carbonyl (C=O) groups is 1. The van der Waals surface area contributed by atoms with E-state index in [1.165, 1.54) is 6.92 Å². The lowest BCUT2D eigenvalue weighted by molar-refractivity contribution is 0.101. The Bertz CT molecular complexity index is 701. The van der Waals surface area contributed by atoms with Crippen molar-refractivity contribution in [1.29, 1.82) is 0 Å². The molecule has 0 saturated carbocycles. The molecule has 2 rings (SSSR count). The molecule has 0 N–H and O–H groups in total. The number of carbonyl (C=O) groups excluding carboxylic acids is 1. The number of ketones is 1. The highest BCUT2D eigenvalue weighted by atomic mass is 32.2.